The van der Waals surface area contributed by atoms with Gasteiger partial charge in [-0.3, -0.25) is 9.67 Å². The van der Waals surface area contributed by atoms with Crippen LogP contribution in [-0.2, 0) is 6.42 Å². The SMILES string of the molecule is NC(Cc1ccn(C2CCCC2)n1)c1ccncc1Cl. The van der Waals surface area contributed by atoms with Crippen molar-refractivity contribution < 1.29 is 0 Å². The molecule has 2 N–H and O–H groups in total. The van der Waals surface area contributed by atoms with Gasteiger partial charge in [0.2, 0.25) is 0 Å². The third-order valence-corrected chi connectivity index (χ3v) is 4.31. The molecule has 0 amide bonds. The zero-order chi connectivity index (χ0) is 13.9. The van der Waals surface area contributed by atoms with Gasteiger partial charge in [-0.15, -0.1) is 0 Å². The molecule has 0 bridgehead atoms. The summed E-state index contributed by atoms with van der Waals surface area (Å²) in [5.74, 6) is 0. The monoisotopic (exact) mass is 290 g/mol. The number of hydrogen-bond acceptors (Lipinski definition) is 3. The van der Waals surface area contributed by atoms with Crippen LogP contribution in [0.5, 0.6) is 0 Å². The van der Waals surface area contributed by atoms with Gasteiger partial charge in [0.25, 0.3) is 0 Å². The summed E-state index contributed by atoms with van der Waals surface area (Å²) < 4.78 is 2.10. The van der Waals surface area contributed by atoms with Crippen molar-refractivity contribution in [2.24, 2.45) is 5.73 Å². The van der Waals surface area contributed by atoms with Crippen LogP contribution in [-0.4, -0.2) is 14.8 Å². The molecular formula is C15H19ClN4. The van der Waals surface area contributed by atoms with Crippen LogP contribution in [0, 0.1) is 0 Å². The van der Waals surface area contributed by atoms with E-state index in [1.54, 1.807) is 12.4 Å². The van der Waals surface area contributed by atoms with Gasteiger partial charge in [-0.25, -0.2) is 0 Å². The highest BCUT2D eigenvalue weighted by Crippen LogP contribution is 2.29. The van der Waals surface area contributed by atoms with Crippen molar-refractivity contribution in [3.05, 3.63) is 47.0 Å². The summed E-state index contributed by atoms with van der Waals surface area (Å²) in [5.41, 5.74) is 8.18. The molecule has 0 aliphatic heterocycles. The Hall–Kier alpha value is -1.39. The minimum absolute atomic E-state index is 0.141. The summed E-state index contributed by atoms with van der Waals surface area (Å²) in [7, 11) is 0. The Balaban J connectivity index is 1.70. The third kappa shape index (κ3) is 2.86. The molecule has 0 spiro atoms. The molecule has 2 aromatic rings. The van der Waals surface area contributed by atoms with Crippen molar-refractivity contribution in [1.82, 2.24) is 14.8 Å². The van der Waals surface area contributed by atoms with Crippen molar-refractivity contribution >= 4 is 11.6 Å². The topological polar surface area (TPSA) is 56.7 Å². The van der Waals surface area contributed by atoms with Crippen molar-refractivity contribution in [2.45, 2.75) is 44.2 Å². The van der Waals surface area contributed by atoms with Gasteiger partial charge in [-0.2, -0.15) is 5.10 Å². The highest BCUT2D eigenvalue weighted by molar-refractivity contribution is 6.31. The van der Waals surface area contributed by atoms with Crippen LogP contribution in [0.1, 0.15) is 49.0 Å². The van der Waals surface area contributed by atoms with Gasteiger partial charge in [-0.1, -0.05) is 24.4 Å². The summed E-state index contributed by atoms with van der Waals surface area (Å²) in [4.78, 5) is 3.98. The maximum atomic E-state index is 6.23. The van der Waals surface area contributed by atoms with Gasteiger partial charge in [0, 0.05) is 31.1 Å². The minimum Gasteiger partial charge on any atom is -0.324 e. The highest BCUT2D eigenvalue weighted by atomic mass is 35.5. The second-order valence-corrected chi connectivity index (χ2v) is 5.84. The normalized spacial score (nSPS) is 17.5. The molecule has 20 heavy (non-hydrogen) atoms. The first kappa shape index (κ1) is 13.6. The number of hydrogen-bond donors (Lipinski definition) is 1. The summed E-state index contributed by atoms with van der Waals surface area (Å²) in [5, 5.41) is 5.29. The van der Waals surface area contributed by atoms with Gasteiger partial charge < -0.3 is 5.73 Å². The summed E-state index contributed by atoms with van der Waals surface area (Å²) >= 11 is 6.13. The van der Waals surface area contributed by atoms with Gasteiger partial charge >= 0.3 is 0 Å². The van der Waals surface area contributed by atoms with E-state index in [4.69, 9.17) is 17.3 Å². The second-order valence-electron chi connectivity index (χ2n) is 5.43. The van der Waals surface area contributed by atoms with Crippen molar-refractivity contribution in [3.63, 3.8) is 0 Å². The molecular weight excluding hydrogens is 272 g/mol. The van der Waals surface area contributed by atoms with Gasteiger partial charge in [0.05, 0.1) is 16.8 Å². The van der Waals surface area contributed by atoms with Crippen LogP contribution in [0.3, 0.4) is 0 Å². The first-order valence-corrected chi connectivity index (χ1v) is 7.51. The predicted octanol–water partition coefficient (Wildman–Crippen LogP) is 3.29. The first-order chi connectivity index (χ1) is 9.74. The molecule has 1 aliphatic rings. The molecule has 1 atom stereocenters. The van der Waals surface area contributed by atoms with Gasteiger partial charge in [0.1, 0.15) is 0 Å². The largest absolute Gasteiger partial charge is 0.324 e. The lowest BCUT2D eigenvalue weighted by atomic mass is 10.0. The predicted molar refractivity (Wildman–Crippen MR) is 79.6 cm³/mol. The Kier molecular flexibility index (Phi) is 4.03. The van der Waals surface area contributed by atoms with E-state index in [-0.39, 0.29) is 6.04 Å². The molecule has 1 unspecified atom stereocenters. The molecule has 1 aliphatic carbocycles. The Morgan fingerprint density at radius 3 is 2.90 bits per heavy atom. The quantitative estimate of drug-likeness (QED) is 0.940. The standard InChI is InChI=1S/C15H19ClN4/c16-14-10-18-7-5-13(14)15(17)9-11-6-8-20(19-11)12-3-1-2-4-12/h5-8,10,12,15H,1-4,9,17H2. The maximum absolute atomic E-state index is 6.23. The number of halogens is 1. The average molecular weight is 291 g/mol. The molecule has 1 saturated carbocycles. The lowest BCUT2D eigenvalue weighted by molar-refractivity contribution is 0.461. The van der Waals surface area contributed by atoms with Crippen molar-refractivity contribution in [2.75, 3.05) is 0 Å². The Morgan fingerprint density at radius 2 is 2.15 bits per heavy atom. The van der Waals surface area contributed by atoms with Crippen LogP contribution in [0.15, 0.2) is 30.7 Å². The molecule has 0 aromatic carbocycles. The van der Waals surface area contributed by atoms with E-state index in [1.807, 2.05) is 6.07 Å². The lowest BCUT2D eigenvalue weighted by Crippen LogP contribution is -2.15. The van der Waals surface area contributed by atoms with E-state index in [2.05, 4.69) is 27.0 Å². The van der Waals surface area contributed by atoms with E-state index in [0.717, 1.165) is 11.3 Å². The third-order valence-electron chi connectivity index (χ3n) is 3.99. The molecule has 5 heteroatoms. The van der Waals surface area contributed by atoms with Crippen LogP contribution < -0.4 is 5.73 Å². The number of rotatable bonds is 4. The Labute approximate surface area is 124 Å². The molecule has 0 radical (unpaired) electrons. The molecule has 2 heterocycles. The fraction of sp³-hybridized carbons (Fsp3) is 0.467. The summed E-state index contributed by atoms with van der Waals surface area (Å²) in [6, 6.07) is 4.37. The van der Waals surface area contributed by atoms with Crippen LogP contribution in [0.4, 0.5) is 0 Å². The highest BCUT2D eigenvalue weighted by Gasteiger charge is 2.18. The number of aromatic nitrogens is 3. The van der Waals surface area contributed by atoms with E-state index in [1.165, 1.54) is 25.7 Å². The number of nitrogens with zero attached hydrogens (tertiary/aromatic N) is 3. The van der Waals surface area contributed by atoms with E-state index < -0.39 is 0 Å². The van der Waals surface area contributed by atoms with E-state index in [0.29, 0.717) is 17.5 Å². The molecule has 106 valence electrons. The summed E-state index contributed by atoms with van der Waals surface area (Å²) in [6.07, 6.45) is 11.2. The molecule has 2 aromatic heterocycles. The lowest BCUT2D eigenvalue weighted by Gasteiger charge is -2.12. The first-order valence-electron chi connectivity index (χ1n) is 7.13. The Morgan fingerprint density at radius 1 is 1.35 bits per heavy atom. The summed E-state index contributed by atoms with van der Waals surface area (Å²) in [6.45, 7) is 0. The van der Waals surface area contributed by atoms with Crippen LogP contribution in [0.25, 0.3) is 0 Å². The number of nitrogens with two attached hydrogens (primary N) is 1. The minimum atomic E-state index is -0.141. The van der Waals surface area contributed by atoms with E-state index >= 15 is 0 Å². The van der Waals surface area contributed by atoms with Crippen molar-refractivity contribution in [3.8, 4) is 0 Å². The van der Waals surface area contributed by atoms with Crippen LogP contribution >= 0.6 is 11.6 Å². The maximum Gasteiger partial charge on any atom is 0.0643 e. The van der Waals surface area contributed by atoms with Crippen LogP contribution in [0.2, 0.25) is 5.02 Å². The Bertz CT molecular complexity index is 575. The average Bonchev–Trinajstić information content (AvgIpc) is 3.09. The van der Waals surface area contributed by atoms with Crippen molar-refractivity contribution in [1.29, 1.82) is 0 Å². The fourth-order valence-electron chi connectivity index (χ4n) is 2.88. The zero-order valence-corrected chi connectivity index (χ0v) is 12.1. The molecule has 4 nitrogen and oxygen atoms in total. The van der Waals surface area contributed by atoms with Gasteiger partial charge in [0.15, 0.2) is 0 Å². The second kappa shape index (κ2) is 5.94. The smallest absolute Gasteiger partial charge is 0.0643 e. The molecule has 0 saturated heterocycles. The zero-order valence-electron chi connectivity index (χ0n) is 11.4. The number of pyridine rings is 1. The fourth-order valence-corrected chi connectivity index (χ4v) is 3.14. The molecule has 1 fully saturated rings. The van der Waals surface area contributed by atoms with E-state index in [9.17, 15) is 0 Å². The van der Waals surface area contributed by atoms with Gasteiger partial charge in [-0.05, 0) is 30.5 Å². The molecule has 3 rings (SSSR count).